The number of aryl methyl sites for hydroxylation is 1. The van der Waals surface area contributed by atoms with Crippen LogP contribution in [0.4, 0.5) is 0 Å². The minimum absolute atomic E-state index is 0.00374. The number of benzene rings is 3. The van der Waals surface area contributed by atoms with Crippen LogP contribution in [-0.4, -0.2) is 33.0 Å². The fraction of sp³-hybridized carbons (Fsp3) is 0.286. The summed E-state index contributed by atoms with van der Waals surface area (Å²) in [6, 6.07) is 15.1. The zero-order valence-electron chi connectivity index (χ0n) is 19.0. The Morgan fingerprint density at radius 3 is 2.79 bits per heavy atom. The van der Waals surface area contributed by atoms with Crippen molar-refractivity contribution in [3.05, 3.63) is 65.4 Å². The molecule has 1 unspecified atom stereocenters. The molecule has 0 radical (unpaired) electrons. The molecule has 0 spiro atoms. The number of rotatable bonds is 6. The molecule has 3 N–H and O–H groups in total. The van der Waals surface area contributed by atoms with E-state index in [1.807, 2.05) is 13.1 Å². The molecular formula is C28H28N2O3. The van der Waals surface area contributed by atoms with Crippen molar-refractivity contribution in [2.75, 3.05) is 13.2 Å². The van der Waals surface area contributed by atoms with E-state index in [9.17, 15) is 10.2 Å². The van der Waals surface area contributed by atoms with Gasteiger partial charge in [0.25, 0.3) is 0 Å². The van der Waals surface area contributed by atoms with Crippen LogP contribution in [0, 0.1) is 0 Å². The molecule has 2 aromatic heterocycles. The lowest BCUT2D eigenvalue weighted by Gasteiger charge is -2.13. The van der Waals surface area contributed by atoms with E-state index in [-0.39, 0.29) is 18.6 Å². The van der Waals surface area contributed by atoms with Gasteiger partial charge in [-0.15, -0.1) is 0 Å². The number of aliphatic hydroxyl groups excluding tert-OH is 1. The molecule has 0 saturated carbocycles. The average Bonchev–Trinajstić information content (AvgIpc) is 3.48. The zero-order valence-corrected chi connectivity index (χ0v) is 19.0. The highest BCUT2D eigenvalue weighted by Gasteiger charge is 2.29. The Morgan fingerprint density at radius 1 is 1.12 bits per heavy atom. The molecule has 1 aliphatic rings. The van der Waals surface area contributed by atoms with Gasteiger partial charge in [0.15, 0.2) is 5.88 Å². The predicted octanol–water partition coefficient (Wildman–Crippen LogP) is 6.03. The van der Waals surface area contributed by atoms with Crippen LogP contribution < -0.4 is 0 Å². The molecule has 33 heavy (non-hydrogen) atoms. The number of nitrogens with zero attached hydrogens (tertiary/aromatic N) is 1. The molecule has 0 saturated heterocycles. The van der Waals surface area contributed by atoms with Crippen molar-refractivity contribution in [3.63, 3.8) is 0 Å². The number of nitrogens with one attached hydrogen (secondary N) is 1. The van der Waals surface area contributed by atoms with Crippen LogP contribution in [0.3, 0.4) is 0 Å². The van der Waals surface area contributed by atoms with Gasteiger partial charge in [0.1, 0.15) is 0 Å². The van der Waals surface area contributed by atoms with Gasteiger partial charge in [-0.25, -0.2) is 0 Å². The lowest BCUT2D eigenvalue weighted by Crippen LogP contribution is -2.02. The van der Waals surface area contributed by atoms with E-state index in [0.717, 1.165) is 51.2 Å². The van der Waals surface area contributed by atoms with Gasteiger partial charge in [0.2, 0.25) is 0 Å². The molecule has 5 heteroatoms. The first kappa shape index (κ1) is 20.3. The second kappa shape index (κ2) is 7.65. The largest absolute Gasteiger partial charge is 0.494 e. The summed E-state index contributed by atoms with van der Waals surface area (Å²) in [6.07, 6.45) is 3.46. The van der Waals surface area contributed by atoms with Crippen LogP contribution in [-0.2, 0) is 17.7 Å². The number of aliphatic hydroxyl groups is 1. The first-order chi connectivity index (χ1) is 16.1. The van der Waals surface area contributed by atoms with E-state index in [1.54, 1.807) is 0 Å². The van der Waals surface area contributed by atoms with E-state index >= 15 is 0 Å². The van der Waals surface area contributed by atoms with Gasteiger partial charge < -0.3 is 24.5 Å². The van der Waals surface area contributed by atoms with Crippen molar-refractivity contribution in [2.24, 2.45) is 0 Å². The third-order valence-corrected chi connectivity index (χ3v) is 7.13. The summed E-state index contributed by atoms with van der Waals surface area (Å²) < 4.78 is 8.25. The number of aromatic hydroxyl groups is 1. The molecule has 0 amide bonds. The van der Waals surface area contributed by atoms with Crippen LogP contribution in [0.5, 0.6) is 5.88 Å². The number of aromatic nitrogens is 2. The van der Waals surface area contributed by atoms with Crippen molar-refractivity contribution >= 4 is 32.6 Å². The number of fused-ring (bicyclic) bond motifs is 10. The number of ether oxygens (including phenoxy) is 1. The van der Waals surface area contributed by atoms with Crippen molar-refractivity contribution < 1.29 is 14.9 Å². The second-order valence-electron chi connectivity index (χ2n) is 8.94. The van der Waals surface area contributed by atoms with Crippen LogP contribution >= 0.6 is 0 Å². The van der Waals surface area contributed by atoms with Crippen LogP contribution in [0.1, 0.15) is 43.1 Å². The third-order valence-electron chi connectivity index (χ3n) is 7.13. The normalized spacial score (nSPS) is 13.8. The van der Waals surface area contributed by atoms with Crippen molar-refractivity contribution in [1.29, 1.82) is 0 Å². The Hall–Kier alpha value is -3.28. The Bertz CT molecular complexity index is 1530. The molecule has 6 rings (SSSR count). The third kappa shape index (κ3) is 2.86. The Balaban J connectivity index is 1.77. The Labute approximate surface area is 192 Å². The van der Waals surface area contributed by atoms with Gasteiger partial charge in [-0.2, -0.15) is 0 Å². The van der Waals surface area contributed by atoms with Gasteiger partial charge in [0, 0.05) is 59.6 Å². The quantitative estimate of drug-likeness (QED) is 0.296. The van der Waals surface area contributed by atoms with E-state index in [1.165, 1.54) is 22.2 Å². The Kier molecular flexibility index (Phi) is 4.71. The number of aromatic amines is 1. The summed E-state index contributed by atoms with van der Waals surface area (Å²) in [5.74, 6) is 0.218. The standard InChI is InChI=1S/C28H28N2O3/c1-3-33-16(2)17-9-10-23-20(13-17)25-22-15-29-28(32)26(22)24-19-8-5-4-7-18(19)14-21(24)27(25)30(23)11-6-12-31/h4-5,7-10,13,15-16,29,31-32H,3,6,11-12,14H2,1-2H3. The number of hydrogen-bond acceptors (Lipinski definition) is 3. The molecule has 1 atom stereocenters. The minimum atomic E-state index is 0.00374. The molecule has 5 nitrogen and oxygen atoms in total. The van der Waals surface area contributed by atoms with E-state index in [2.05, 4.69) is 58.9 Å². The van der Waals surface area contributed by atoms with Crippen LogP contribution in [0.25, 0.3) is 43.7 Å². The molecule has 1 aliphatic carbocycles. The summed E-state index contributed by atoms with van der Waals surface area (Å²) in [5.41, 5.74) is 8.35. The molecule has 3 aromatic carbocycles. The topological polar surface area (TPSA) is 70.4 Å². The maximum atomic E-state index is 10.9. The van der Waals surface area contributed by atoms with Gasteiger partial charge in [-0.1, -0.05) is 30.3 Å². The fourth-order valence-corrected chi connectivity index (χ4v) is 5.73. The van der Waals surface area contributed by atoms with Crippen LogP contribution in [0.15, 0.2) is 48.7 Å². The summed E-state index contributed by atoms with van der Waals surface area (Å²) in [5, 5.41) is 24.8. The molecule has 0 fully saturated rings. The van der Waals surface area contributed by atoms with E-state index in [4.69, 9.17) is 4.74 Å². The van der Waals surface area contributed by atoms with Crippen LogP contribution in [0.2, 0.25) is 0 Å². The molecule has 168 valence electrons. The molecule has 0 aliphatic heterocycles. The SMILES string of the molecule is CCOC(C)c1ccc2c(c1)c1c3c[nH]c(O)c3c3c(c1n2CCCO)Cc1ccccc1-3. The summed E-state index contributed by atoms with van der Waals surface area (Å²) >= 11 is 0. The van der Waals surface area contributed by atoms with E-state index in [0.29, 0.717) is 13.0 Å². The maximum absolute atomic E-state index is 10.9. The summed E-state index contributed by atoms with van der Waals surface area (Å²) in [7, 11) is 0. The minimum Gasteiger partial charge on any atom is -0.494 e. The lowest BCUT2D eigenvalue weighted by atomic mass is 9.95. The van der Waals surface area contributed by atoms with Gasteiger partial charge in [0.05, 0.1) is 17.0 Å². The highest BCUT2D eigenvalue weighted by Crippen LogP contribution is 2.50. The van der Waals surface area contributed by atoms with Gasteiger partial charge in [-0.05, 0) is 54.7 Å². The fourth-order valence-electron chi connectivity index (χ4n) is 5.73. The first-order valence-corrected chi connectivity index (χ1v) is 11.8. The van der Waals surface area contributed by atoms with Crippen molar-refractivity contribution in [2.45, 2.75) is 39.3 Å². The summed E-state index contributed by atoms with van der Waals surface area (Å²) in [4.78, 5) is 3.09. The zero-order chi connectivity index (χ0) is 22.7. The maximum Gasteiger partial charge on any atom is 0.197 e. The molecule has 0 bridgehead atoms. The smallest absolute Gasteiger partial charge is 0.197 e. The molecule has 2 heterocycles. The van der Waals surface area contributed by atoms with Gasteiger partial charge in [-0.3, -0.25) is 0 Å². The highest BCUT2D eigenvalue weighted by molar-refractivity contribution is 6.27. The number of H-pyrrole nitrogens is 1. The Morgan fingerprint density at radius 2 is 1.97 bits per heavy atom. The second-order valence-corrected chi connectivity index (χ2v) is 8.94. The van der Waals surface area contributed by atoms with Crippen molar-refractivity contribution in [3.8, 4) is 17.0 Å². The molecular weight excluding hydrogens is 412 g/mol. The monoisotopic (exact) mass is 440 g/mol. The molecule has 5 aromatic rings. The first-order valence-electron chi connectivity index (χ1n) is 11.8. The predicted molar refractivity (Wildman–Crippen MR) is 133 cm³/mol. The van der Waals surface area contributed by atoms with E-state index < -0.39 is 0 Å². The number of hydrogen-bond donors (Lipinski definition) is 3. The lowest BCUT2D eigenvalue weighted by molar-refractivity contribution is 0.0765. The highest BCUT2D eigenvalue weighted by atomic mass is 16.5. The summed E-state index contributed by atoms with van der Waals surface area (Å²) in [6.45, 7) is 5.65. The van der Waals surface area contributed by atoms with Crippen molar-refractivity contribution in [1.82, 2.24) is 9.55 Å². The van der Waals surface area contributed by atoms with Gasteiger partial charge >= 0.3 is 0 Å². The average molecular weight is 441 g/mol.